The van der Waals surface area contributed by atoms with E-state index >= 15 is 0 Å². The van der Waals surface area contributed by atoms with E-state index in [1.54, 1.807) is 0 Å². The number of carbonyl (C=O) groups is 1. The molecule has 0 aromatic rings. The second-order valence-electron chi connectivity index (χ2n) is 3.51. The summed E-state index contributed by atoms with van der Waals surface area (Å²) in [6.07, 6.45) is 0. The Labute approximate surface area is 97.9 Å². The summed E-state index contributed by atoms with van der Waals surface area (Å²) in [5.41, 5.74) is 5.33. The van der Waals surface area contributed by atoms with Crippen LogP contribution in [0.25, 0.3) is 0 Å². The van der Waals surface area contributed by atoms with Gasteiger partial charge in [-0.3, -0.25) is 0 Å². The van der Waals surface area contributed by atoms with Gasteiger partial charge in [0.25, 0.3) is 0 Å². The van der Waals surface area contributed by atoms with Gasteiger partial charge in [-0.25, -0.2) is 4.79 Å². The number of nitrogens with two attached hydrogens (primary N) is 1. The fourth-order valence-corrected chi connectivity index (χ4v) is 1.47. The highest BCUT2D eigenvalue weighted by Crippen LogP contribution is 1.93. The number of hydrogen-bond acceptors (Lipinski definition) is 4. The van der Waals surface area contributed by atoms with E-state index in [0.29, 0.717) is 6.54 Å². The van der Waals surface area contributed by atoms with Crippen molar-refractivity contribution in [2.24, 2.45) is 5.73 Å². The second-order valence-corrected chi connectivity index (χ2v) is 3.51. The van der Waals surface area contributed by atoms with Crippen LogP contribution in [0.4, 0.5) is 4.79 Å². The molecule has 6 nitrogen and oxygen atoms in total. The molecule has 6 heteroatoms. The topological polar surface area (TPSA) is 82.4 Å². The van der Waals surface area contributed by atoms with Crippen molar-refractivity contribution in [3.8, 4) is 0 Å². The lowest BCUT2D eigenvalue weighted by Crippen LogP contribution is -2.37. The molecule has 0 spiro atoms. The number of carbonyl (C=O) groups excluding carboxylic acids is 1. The van der Waals surface area contributed by atoms with Gasteiger partial charge in [0.1, 0.15) is 0 Å². The Hall–Kier alpha value is -0.850. The minimum Gasteiger partial charge on any atom is -0.336 e. The third-order valence-corrected chi connectivity index (χ3v) is 2.30. The average Bonchev–Trinajstić information content (AvgIpc) is 2.63. The van der Waals surface area contributed by atoms with E-state index < -0.39 is 0 Å². The van der Waals surface area contributed by atoms with Crippen LogP contribution in [0.5, 0.6) is 0 Å². The van der Waals surface area contributed by atoms with Crippen LogP contribution in [0.2, 0.25) is 0 Å². The van der Waals surface area contributed by atoms with Crippen LogP contribution in [0.3, 0.4) is 0 Å². The van der Waals surface area contributed by atoms with Gasteiger partial charge >= 0.3 is 6.03 Å². The Morgan fingerprint density at radius 1 is 1.25 bits per heavy atom. The van der Waals surface area contributed by atoms with Crippen molar-refractivity contribution < 1.29 is 4.79 Å². The molecule has 1 heterocycles. The van der Waals surface area contributed by atoms with Gasteiger partial charge in [0.05, 0.1) is 0 Å². The SMILES string of the molecule is C.NCCNCCNCCN1CCNC1=O. The minimum atomic E-state index is 0. The van der Waals surface area contributed by atoms with Gasteiger partial charge in [-0.2, -0.15) is 0 Å². The Kier molecular flexibility index (Phi) is 8.88. The van der Waals surface area contributed by atoms with E-state index in [2.05, 4.69) is 16.0 Å². The van der Waals surface area contributed by atoms with Crippen molar-refractivity contribution in [2.75, 3.05) is 52.4 Å². The molecule has 1 saturated heterocycles. The quantitative estimate of drug-likeness (QED) is 0.395. The first kappa shape index (κ1) is 15.2. The number of nitrogens with zero attached hydrogens (tertiary/aromatic N) is 1. The van der Waals surface area contributed by atoms with E-state index in [1.807, 2.05) is 4.90 Å². The molecule has 0 aromatic carbocycles. The van der Waals surface area contributed by atoms with Gasteiger partial charge in [-0.15, -0.1) is 0 Å². The molecule has 0 bridgehead atoms. The van der Waals surface area contributed by atoms with Crippen LogP contribution in [0, 0.1) is 0 Å². The van der Waals surface area contributed by atoms with Crippen LogP contribution in [0.1, 0.15) is 7.43 Å². The molecule has 1 fully saturated rings. The summed E-state index contributed by atoms with van der Waals surface area (Å²) in [6, 6.07) is 0.0538. The van der Waals surface area contributed by atoms with Gasteiger partial charge in [-0.05, 0) is 0 Å². The number of rotatable bonds is 8. The number of urea groups is 1. The minimum absolute atomic E-state index is 0. The highest BCUT2D eigenvalue weighted by Gasteiger charge is 2.17. The van der Waals surface area contributed by atoms with Crippen molar-refractivity contribution >= 4 is 6.03 Å². The molecule has 1 aliphatic rings. The highest BCUT2D eigenvalue weighted by atomic mass is 16.2. The maximum Gasteiger partial charge on any atom is 0.317 e. The van der Waals surface area contributed by atoms with E-state index in [0.717, 1.165) is 45.8 Å². The van der Waals surface area contributed by atoms with E-state index in [-0.39, 0.29) is 13.5 Å². The summed E-state index contributed by atoms with van der Waals surface area (Å²) in [5, 5.41) is 9.23. The first-order chi connectivity index (χ1) is 7.34. The fourth-order valence-electron chi connectivity index (χ4n) is 1.47. The zero-order valence-electron chi connectivity index (χ0n) is 9.09. The molecule has 0 saturated carbocycles. The third-order valence-electron chi connectivity index (χ3n) is 2.30. The Morgan fingerprint density at radius 2 is 1.94 bits per heavy atom. The second kappa shape index (κ2) is 9.38. The molecule has 1 rings (SSSR count). The normalized spacial score (nSPS) is 14.8. The summed E-state index contributed by atoms with van der Waals surface area (Å²) in [6.45, 7) is 6.59. The van der Waals surface area contributed by atoms with Crippen molar-refractivity contribution in [3.05, 3.63) is 0 Å². The molecular formula is C10H25N5O. The highest BCUT2D eigenvalue weighted by molar-refractivity contribution is 5.76. The van der Waals surface area contributed by atoms with Crippen LogP contribution in [-0.4, -0.2) is 63.3 Å². The van der Waals surface area contributed by atoms with Crippen molar-refractivity contribution in [1.29, 1.82) is 0 Å². The van der Waals surface area contributed by atoms with Gasteiger partial charge in [-0.1, -0.05) is 7.43 Å². The molecule has 2 amide bonds. The summed E-state index contributed by atoms with van der Waals surface area (Å²) in [4.78, 5) is 13.0. The van der Waals surface area contributed by atoms with Crippen molar-refractivity contribution in [2.45, 2.75) is 7.43 Å². The van der Waals surface area contributed by atoms with Gasteiger partial charge < -0.3 is 26.6 Å². The van der Waals surface area contributed by atoms with Gasteiger partial charge in [0.15, 0.2) is 0 Å². The average molecular weight is 231 g/mol. The first-order valence-corrected chi connectivity index (χ1v) is 5.49. The smallest absolute Gasteiger partial charge is 0.317 e. The largest absolute Gasteiger partial charge is 0.336 e. The molecular weight excluding hydrogens is 206 g/mol. The lowest BCUT2D eigenvalue weighted by atomic mass is 10.5. The van der Waals surface area contributed by atoms with Crippen LogP contribution < -0.4 is 21.7 Å². The predicted molar refractivity (Wildman–Crippen MR) is 66.5 cm³/mol. The lowest BCUT2D eigenvalue weighted by molar-refractivity contribution is 0.217. The van der Waals surface area contributed by atoms with Crippen LogP contribution >= 0.6 is 0 Å². The van der Waals surface area contributed by atoms with Crippen LogP contribution in [-0.2, 0) is 0 Å². The summed E-state index contributed by atoms with van der Waals surface area (Å²) >= 11 is 0. The number of amides is 2. The molecule has 0 radical (unpaired) electrons. The zero-order valence-corrected chi connectivity index (χ0v) is 9.09. The predicted octanol–water partition coefficient (Wildman–Crippen LogP) is -1.21. The van der Waals surface area contributed by atoms with Crippen LogP contribution in [0.15, 0.2) is 0 Å². The Morgan fingerprint density at radius 3 is 2.50 bits per heavy atom. The molecule has 16 heavy (non-hydrogen) atoms. The van der Waals surface area contributed by atoms with E-state index in [1.165, 1.54) is 0 Å². The van der Waals surface area contributed by atoms with Crippen molar-refractivity contribution in [3.63, 3.8) is 0 Å². The maximum absolute atomic E-state index is 11.1. The Balaban J connectivity index is 0.00000225. The molecule has 1 aliphatic heterocycles. The molecule has 0 atom stereocenters. The monoisotopic (exact) mass is 231 g/mol. The van der Waals surface area contributed by atoms with E-state index in [9.17, 15) is 4.79 Å². The molecule has 96 valence electrons. The third kappa shape index (κ3) is 5.89. The Bertz CT molecular complexity index is 188. The van der Waals surface area contributed by atoms with Gasteiger partial charge in [0.2, 0.25) is 0 Å². The first-order valence-electron chi connectivity index (χ1n) is 5.49. The summed E-state index contributed by atoms with van der Waals surface area (Å²) < 4.78 is 0. The molecule has 0 unspecified atom stereocenters. The lowest BCUT2D eigenvalue weighted by Gasteiger charge is -2.14. The van der Waals surface area contributed by atoms with Crippen molar-refractivity contribution in [1.82, 2.24) is 20.9 Å². The number of hydrogen-bond donors (Lipinski definition) is 4. The molecule has 0 aliphatic carbocycles. The maximum atomic E-state index is 11.1. The molecule has 0 aromatic heterocycles. The molecule has 5 N–H and O–H groups in total. The summed E-state index contributed by atoms with van der Waals surface area (Å²) in [7, 11) is 0. The number of nitrogens with one attached hydrogen (secondary N) is 3. The fraction of sp³-hybridized carbons (Fsp3) is 0.900. The standard InChI is InChI=1S/C9H21N5O.CH4/c10-1-2-11-3-4-12-5-7-14-8-6-13-9(14)15;/h11-12H,1-8,10H2,(H,13,15);1H4. The van der Waals surface area contributed by atoms with E-state index in [4.69, 9.17) is 5.73 Å². The summed E-state index contributed by atoms with van der Waals surface area (Å²) in [5.74, 6) is 0. The zero-order chi connectivity index (χ0) is 10.9. The van der Waals surface area contributed by atoms with Gasteiger partial charge in [0, 0.05) is 52.4 Å².